The van der Waals surface area contributed by atoms with Crippen LogP contribution in [0.4, 0.5) is 8.78 Å². The van der Waals surface area contributed by atoms with E-state index in [1.165, 1.54) is 0 Å². The van der Waals surface area contributed by atoms with Gasteiger partial charge in [-0.05, 0) is 20.8 Å². The van der Waals surface area contributed by atoms with Crippen LogP contribution in [0.15, 0.2) is 0 Å². The molecule has 1 rings (SSSR count). The van der Waals surface area contributed by atoms with E-state index < -0.39 is 12.5 Å². The van der Waals surface area contributed by atoms with Crippen LogP contribution in [-0.4, -0.2) is 42.7 Å². The van der Waals surface area contributed by atoms with Gasteiger partial charge < -0.3 is 4.74 Å². The molecule has 0 aliphatic carbocycles. The molecule has 1 fully saturated rings. The van der Waals surface area contributed by atoms with Crippen molar-refractivity contribution in [1.29, 1.82) is 0 Å². The van der Waals surface area contributed by atoms with Crippen LogP contribution in [0.1, 0.15) is 20.8 Å². The number of ether oxygens (including phenoxy) is 1. The number of halogens is 2. The van der Waals surface area contributed by atoms with Crippen LogP contribution in [0.2, 0.25) is 0 Å². The van der Waals surface area contributed by atoms with Crippen LogP contribution in [0.25, 0.3) is 0 Å². The maximum Gasteiger partial charge on any atom is 0.283 e. The molecule has 1 aliphatic rings. The molecule has 1 heterocycles. The first kappa shape index (κ1) is 10.9. The Morgan fingerprint density at radius 2 is 2.08 bits per heavy atom. The van der Waals surface area contributed by atoms with Crippen LogP contribution in [-0.2, 0) is 4.74 Å². The van der Waals surface area contributed by atoms with Gasteiger partial charge in [-0.25, -0.2) is 8.78 Å². The Morgan fingerprint density at radius 1 is 1.46 bits per heavy atom. The number of rotatable bonds is 1. The second-order valence-electron chi connectivity index (χ2n) is 4.00. The molecule has 13 heavy (non-hydrogen) atoms. The first-order valence-electron chi connectivity index (χ1n) is 4.64. The molecule has 4 heteroatoms. The predicted molar refractivity (Wildman–Crippen MR) is 47.1 cm³/mol. The minimum absolute atomic E-state index is 0.101. The monoisotopic (exact) mass is 193 g/mol. The molecule has 0 aromatic heterocycles. The summed E-state index contributed by atoms with van der Waals surface area (Å²) in [6.45, 7) is 5.64. The van der Waals surface area contributed by atoms with Gasteiger partial charge >= 0.3 is 0 Å². The molecule has 0 unspecified atom stereocenters. The highest BCUT2D eigenvalue weighted by atomic mass is 19.3. The molecule has 0 radical (unpaired) electrons. The zero-order chi connectivity index (χ0) is 10.1. The fourth-order valence-electron chi connectivity index (χ4n) is 1.45. The summed E-state index contributed by atoms with van der Waals surface area (Å²) in [5.41, 5.74) is 0. The first-order chi connectivity index (χ1) is 5.91. The van der Waals surface area contributed by atoms with E-state index >= 15 is 0 Å². The quantitative estimate of drug-likeness (QED) is 0.629. The van der Waals surface area contributed by atoms with E-state index in [9.17, 15) is 8.78 Å². The van der Waals surface area contributed by atoms with Gasteiger partial charge in [-0.1, -0.05) is 0 Å². The Balaban J connectivity index is 2.63. The standard InChI is InChI=1S/C9H17F2NO/c1-7(2)12-4-8(3)13-6-9(10,11)5-12/h7-8H,4-6H2,1-3H3/t8-/m0/s1. The van der Waals surface area contributed by atoms with Crippen molar-refractivity contribution in [3.05, 3.63) is 0 Å². The molecule has 1 aliphatic heterocycles. The molecule has 78 valence electrons. The third-order valence-electron chi connectivity index (χ3n) is 2.24. The lowest BCUT2D eigenvalue weighted by Crippen LogP contribution is -2.41. The highest BCUT2D eigenvalue weighted by molar-refractivity contribution is 4.79. The zero-order valence-corrected chi connectivity index (χ0v) is 8.39. The second kappa shape index (κ2) is 3.88. The number of alkyl halides is 2. The van der Waals surface area contributed by atoms with Crippen LogP contribution in [0.3, 0.4) is 0 Å². The smallest absolute Gasteiger partial charge is 0.283 e. The molecule has 0 bridgehead atoms. The van der Waals surface area contributed by atoms with E-state index in [4.69, 9.17) is 4.74 Å². The van der Waals surface area contributed by atoms with Crippen molar-refractivity contribution < 1.29 is 13.5 Å². The van der Waals surface area contributed by atoms with Crippen LogP contribution in [0, 0.1) is 0 Å². The molecule has 0 amide bonds. The number of hydrogen-bond acceptors (Lipinski definition) is 2. The Kier molecular flexibility index (Phi) is 3.24. The van der Waals surface area contributed by atoms with Gasteiger partial charge in [0.05, 0.1) is 12.6 Å². The summed E-state index contributed by atoms with van der Waals surface area (Å²) in [5, 5.41) is 0. The molecule has 0 spiro atoms. The van der Waals surface area contributed by atoms with Gasteiger partial charge in [0.15, 0.2) is 0 Å². The third-order valence-corrected chi connectivity index (χ3v) is 2.24. The largest absolute Gasteiger partial charge is 0.371 e. The zero-order valence-electron chi connectivity index (χ0n) is 8.39. The maximum absolute atomic E-state index is 13.1. The minimum atomic E-state index is -2.70. The van der Waals surface area contributed by atoms with E-state index in [2.05, 4.69) is 0 Å². The van der Waals surface area contributed by atoms with E-state index in [1.807, 2.05) is 20.8 Å². The lowest BCUT2D eigenvalue weighted by atomic mass is 10.2. The molecule has 1 saturated heterocycles. The van der Waals surface area contributed by atoms with Crippen LogP contribution >= 0.6 is 0 Å². The van der Waals surface area contributed by atoms with Crippen LogP contribution in [0.5, 0.6) is 0 Å². The molecular formula is C9H17F2NO. The van der Waals surface area contributed by atoms with Gasteiger partial charge in [0, 0.05) is 12.6 Å². The van der Waals surface area contributed by atoms with Crippen LogP contribution < -0.4 is 0 Å². The van der Waals surface area contributed by atoms with Crippen molar-refractivity contribution in [2.24, 2.45) is 0 Å². The molecule has 1 atom stereocenters. The molecule has 0 aromatic carbocycles. The molecule has 0 saturated carbocycles. The van der Waals surface area contributed by atoms with Crippen molar-refractivity contribution in [1.82, 2.24) is 4.90 Å². The summed E-state index contributed by atoms with van der Waals surface area (Å²) >= 11 is 0. The summed E-state index contributed by atoms with van der Waals surface area (Å²) < 4.78 is 31.2. The highest BCUT2D eigenvalue weighted by Gasteiger charge is 2.36. The first-order valence-corrected chi connectivity index (χ1v) is 4.64. The van der Waals surface area contributed by atoms with Gasteiger partial charge in [-0.2, -0.15) is 0 Å². The molecule has 2 nitrogen and oxygen atoms in total. The molecule has 0 N–H and O–H groups in total. The van der Waals surface area contributed by atoms with E-state index in [-0.39, 0.29) is 18.7 Å². The minimum Gasteiger partial charge on any atom is -0.371 e. The summed E-state index contributed by atoms with van der Waals surface area (Å²) in [7, 11) is 0. The van der Waals surface area contributed by atoms with Gasteiger partial charge in [-0.3, -0.25) is 4.90 Å². The fourth-order valence-corrected chi connectivity index (χ4v) is 1.45. The summed E-state index contributed by atoms with van der Waals surface area (Å²) in [5.74, 6) is -2.70. The number of hydrogen-bond donors (Lipinski definition) is 0. The average molecular weight is 193 g/mol. The van der Waals surface area contributed by atoms with Crippen molar-refractivity contribution in [3.63, 3.8) is 0 Å². The lowest BCUT2D eigenvalue weighted by molar-refractivity contribution is -0.0807. The van der Waals surface area contributed by atoms with Crippen molar-refractivity contribution >= 4 is 0 Å². The predicted octanol–water partition coefficient (Wildman–Crippen LogP) is 1.75. The summed E-state index contributed by atoms with van der Waals surface area (Å²) in [4.78, 5) is 1.76. The van der Waals surface area contributed by atoms with Gasteiger partial charge in [0.1, 0.15) is 6.61 Å². The maximum atomic E-state index is 13.1. The Hall–Kier alpha value is -0.220. The summed E-state index contributed by atoms with van der Waals surface area (Å²) in [6, 6.07) is 0.148. The summed E-state index contributed by atoms with van der Waals surface area (Å²) in [6.07, 6.45) is -0.101. The van der Waals surface area contributed by atoms with E-state index in [1.54, 1.807) is 4.90 Å². The lowest BCUT2D eigenvalue weighted by Gasteiger charge is -2.27. The number of nitrogens with zero attached hydrogens (tertiary/aromatic N) is 1. The normalized spacial score (nSPS) is 30.5. The van der Waals surface area contributed by atoms with E-state index in [0.717, 1.165) is 0 Å². The Morgan fingerprint density at radius 3 is 2.62 bits per heavy atom. The topological polar surface area (TPSA) is 12.5 Å². The Bertz CT molecular complexity index is 173. The fraction of sp³-hybridized carbons (Fsp3) is 1.00. The van der Waals surface area contributed by atoms with Crippen molar-refractivity contribution in [2.45, 2.75) is 38.8 Å². The third kappa shape index (κ3) is 3.19. The highest BCUT2D eigenvalue weighted by Crippen LogP contribution is 2.21. The van der Waals surface area contributed by atoms with Crippen molar-refractivity contribution in [3.8, 4) is 0 Å². The molecule has 0 aromatic rings. The van der Waals surface area contributed by atoms with E-state index in [0.29, 0.717) is 6.54 Å². The Labute approximate surface area is 77.9 Å². The van der Waals surface area contributed by atoms with Crippen molar-refractivity contribution in [2.75, 3.05) is 19.7 Å². The average Bonchev–Trinajstić information content (AvgIpc) is 2.11. The van der Waals surface area contributed by atoms with Gasteiger partial charge in [-0.15, -0.1) is 0 Å². The second-order valence-corrected chi connectivity index (χ2v) is 4.00. The van der Waals surface area contributed by atoms with Gasteiger partial charge in [0.2, 0.25) is 0 Å². The van der Waals surface area contributed by atoms with Gasteiger partial charge in [0.25, 0.3) is 5.92 Å². The molecular weight excluding hydrogens is 176 g/mol. The SMILES string of the molecule is CC(C)N1C[C@H](C)OCC(F)(F)C1.